The lowest BCUT2D eigenvalue weighted by Gasteiger charge is -2.00. The molecule has 0 aliphatic carbocycles. The first kappa shape index (κ1) is 12.0. The van der Waals surface area contributed by atoms with Crippen molar-refractivity contribution < 1.29 is 9.90 Å². The summed E-state index contributed by atoms with van der Waals surface area (Å²) in [6.07, 6.45) is 6.36. The Morgan fingerprint density at radius 2 is 2.27 bits per heavy atom. The Morgan fingerprint density at radius 1 is 1.47 bits per heavy atom. The van der Waals surface area contributed by atoms with E-state index >= 15 is 0 Å². The molecule has 0 unspecified atom stereocenters. The van der Waals surface area contributed by atoms with E-state index in [1.165, 1.54) is 19.0 Å². The molecule has 1 aromatic heterocycles. The van der Waals surface area contributed by atoms with Gasteiger partial charge in [-0.15, -0.1) is 11.8 Å². The molecular weight excluding hydrogens is 212 g/mol. The molecule has 0 bridgehead atoms. The molecule has 0 saturated carbocycles. The van der Waals surface area contributed by atoms with Crippen molar-refractivity contribution in [1.82, 2.24) is 9.97 Å². The maximum atomic E-state index is 10.6. The van der Waals surface area contributed by atoms with Gasteiger partial charge in [0.15, 0.2) is 5.69 Å². The zero-order valence-corrected chi connectivity index (χ0v) is 9.46. The second-order valence-electron chi connectivity index (χ2n) is 3.10. The summed E-state index contributed by atoms with van der Waals surface area (Å²) >= 11 is 1.55. The minimum atomic E-state index is -1.03. The average molecular weight is 226 g/mol. The Bertz CT molecular complexity index is 331. The van der Waals surface area contributed by atoms with Gasteiger partial charge in [-0.25, -0.2) is 9.78 Å². The van der Waals surface area contributed by atoms with E-state index in [0.717, 1.165) is 12.2 Å². The molecule has 0 spiro atoms. The van der Waals surface area contributed by atoms with Crippen LogP contribution in [0.4, 0.5) is 0 Å². The Hall–Kier alpha value is -1.10. The normalized spacial score (nSPS) is 10.2. The van der Waals surface area contributed by atoms with E-state index in [2.05, 4.69) is 16.9 Å². The van der Waals surface area contributed by atoms with Crippen LogP contribution in [0, 0.1) is 0 Å². The van der Waals surface area contributed by atoms with Crippen LogP contribution < -0.4 is 0 Å². The van der Waals surface area contributed by atoms with Crippen molar-refractivity contribution in [3.63, 3.8) is 0 Å². The predicted molar refractivity (Wildman–Crippen MR) is 59.2 cm³/mol. The first-order chi connectivity index (χ1) is 7.24. The summed E-state index contributed by atoms with van der Waals surface area (Å²) in [6.45, 7) is 2.15. The summed E-state index contributed by atoms with van der Waals surface area (Å²) in [5, 5.41) is 9.39. The van der Waals surface area contributed by atoms with Gasteiger partial charge in [0, 0.05) is 0 Å². The molecule has 0 fully saturated rings. The van der Waals surface area contributed by atoms with Crippen molar-refractivity contribution in [2.75, 3.05) is 5.75 Å². The fourth-order valence-electron chi connectivity index (χ4n) is 1.05. The number of hydrogen-bond donors (Lipinski definition) is 1. The van der Waals surface area contributed by atoms with Gasteiger partial charge in [-0.2, -0.15) is 0 Å². The van der Waals surface area contributed by atoms with Gasteiger partial charge in [-0.1, -0.05) is 19.8 Å². The van der Waals surface area contributed by atoms with Crippen molar-refractivity contribution in [2.45, 2.75) is 31.2 Å². The van der Waals surface area contributed by atoms with Gasteiger partial charge >= 0.3 is 5.97 Å². The van der Waals surface area contributed by atoms with Crippen LogP contribution in [0.1, 0.15) is 36.7 Å². The molecule has 0 radical (unpaired) electrons. The lowest BCUT2D eigenvalue weighted by Crippen LogP contribution is -2.01. The van der Waals surface area contributed by atoms with Crippen LogP contribution in [-0.2, 0) is 0 Å². The number of rotatable bonds is 6. The Labute approximate surface area is 93.1 Å². The summed E-state index contributed by atoms with van der Waals surface area (Å²) in [4.78, 5) is 18.4. The third kappa shape index (κ3) is 4.29. The highest BCUT2D eigenvalue weighted by Gasteiger charge is 2.05. The molecule has 1 N–H and O–H groups in total. The highest BCUT2D eigenvalue weighted by atomic mass is 32.2. The molecule has 1 aromatic rings. The van der Waals surface area contributed by atoms with Crippen LogP contribution in [0.5, 0.6) is 0 Å². The van der Waals surface area contributed by atoms with Crippen LogP contribution in [0.2, 0.25) is 0 Å². The topological polar surface area (TPSA) is 63.1 Å². The van der Waals surface area contributed by atoms with Gasteiger partial charge in [0.1, 0.15) is 5.03 Å². The van der Waals surface area contributed by atoms with E-state index in [1.807, 2.05) is 0 Å². The van der Waals surface area contributed by atoms with E-state index in [0.29, 0.717) is 5.03 Å². The van der Waals surface area contributed by atoms with Crippen molar-refractivity contribution in [1.29, 1.82) is 0 Å². The van der Waals surface area contributed by atoms with E-state index in [-0.39, 0.29) is 5.69 Å². The molecule has 5 heteroatoms. The standard InChI is InChI=1S/C10H14N2O2S/c1-2-3-4-5-15-9-7-11-6-8(12-9)10(13)14/h6-7H,2-5H2,1H3,(H,13,14). The molecule has 0 saturated heterocycles. The zero-order chi connectivity index (χ0) is 11.1. The number of carbonyl (C=O) groups is 1. The molecule has 1 rings (SSSR count). The van der Waals surface area contributed by atoms with E-state index in [9.17, 15) is 4.79 Å². The van der Waals surface area contributed by atoms with E-state index < -0.39 is 5.97 Å². The fraction of sp³-hybridized carbons (Fsp3) is 0.500. The molecule has 0 aromatic carbocycles. The van der Waals surface area contributed by atoms with Crippen LogP contribution in [-0.4, -0.2) is 26.8 Å². The van der Waals surface area contributed by atoms with Gasteiger partial charge in [0.2, 0.25) is 0 Å². The van der Waals surface area contributed by atoms with Crippen LogP contribution in [0.25, 0.3) is 0 Å². The number of aromatic carboxylic acids is 1. The minimum Gasteiger partial charge on any atom is -0.476 e. The SMILES string of the molecule is CCCCCSc1cncc(C(=O)O)n1. The molecule has 0 amide bonds. The second kappa shape index (κ2) is 6.40. The second-order valence-corrected chi connectivity index (χ2v) is 4.22. The first-order valence-electron chi connectivity index (χ1n) is 4.92. The first-order valence-corrected chi connectivity index (χ1v) is 5.90. The summed E-state index contributed by atoms with van der Waals surface area (Å²) in [6, 6.07) is 0. The Balaban J connectivity index is 2.47. The molecule has 4 nitrogen and oxygen atoms in total. The third-order valence-corrected chi connectivity index (χ3v) is 2.81. The third-order valence-electron chi connectivity index (χ3n) is 1.83. The minimum absolute atomic E-state index is 0.00971. The van der Waals surface area contributed by atoms with Crippen molar-refractivity contribution in [3.8, 4) is 0 Å². The number of carboxylic acid groups (broad SMARTS) is 1. The average Bonchev–Trinajstić information content (AvgIpc) is 2.25. The monoisotopic (exact) mass is 226 g/mol. The van der Waals surface area contributed by atoms with E-state index in [4.69, 9.17) is 5.11 Å². The number of hydrogen-bond acceptors (Lipinski definition) is 4. The van der Waals surface area contributed by atoms with Gasteiger partial charge in [-0.3, -0.25) is 4.98 Å². The van der Waals surface area contributed by atoms with Crippen LogP contribution >= 0.6 is 11.8 Å². The van der Waals surface area contributed by atoms with Crippen molar-refractivity contribution in [2.24, 2.45) is 0 Å². The van der Waals surface area contributed by atoms with Gasteiger partial charge in [0.25, 0.3) is 0 Å². The lowest BCUT2D eigenvalue weighted by molar-refractivity contribution is 0.0689. The molecule has 15 heavy (non-hydrogen) atoms. The predicted octanol–water partition coefficient (Wildman–Crippen LogP) is 2.46. The largest absolute Gasteiger partial charge is 0.476 e. The summed E-state index contributed by atoms with van der Waals surface area (Å²) in [5.41, 5.74) is 0.00971. The highest BCUT2D eigenvalue weighted by molar-refractivity contribution is 7.99. The number of thioether (sulfide) groups is 1. The number of nitrogens with zero attached hydrogens (tertiary/aromatic N) is 2. The van der Waals surface area contributed by atoms with Gasteiger partial charge in [0.05, 0.1) is 12.4 Å². The number of aromatic nitrogens is 2. The molecule has 0 atom stereocenters. The quantitative estimate of drug-likeness (QED) is 0.596. The molecule has 1 heterocycles. The zero-order valence-electron chi connectivity index (χ0n) is 8.64. The van der Waals surface area contributed by atoms with Crippen molar-refractivity contribution >= 4 is 17.7 Å². The summed E-state index contributed by atoms with van der Waals surface area (Å²) < 4.78 is 0. The Kier molecular flexibility index (Phi) is 5.10. The van der Waals surface area contributed by atoms with Gasteiger partial charge < -0.3 is 5.11 Å². The molecule has 0 aliphatic heterocycles. The molecular formula is C10H14N2O2S. The van der Waals surface area contributed by atoms with E-state index in [1.54, 1.807) is 18.0 Å². The fourth-order valence-corrected chi connectivity index (χ4v) is 1.91. The van der Waals surface area contributed by atoms with Crippen LogP contribution in [0.15, 0.2) is 17.4 Å². The van der Waals surface area contributed by atoms with Gasteiger partial charge in [-0.05, 0) is 12.2 Å². The summed E-state index contributed by atoms with van der Waals surface area (Å²) in [7, 11) is 0. The molecule has 82 valence electrons. The number of unbranched alkanes of at least 4 members (excludes halogenated alkanes) is 2. The number of carboxylic acids is 1. The maximum Gasteiger partial charge on any atom is 0.356 e. The Morgan fingerprint density at radius 3 is 2.93 bits per heavy atom. The highest BCUT2D eigenvalue weighted by Crippen LogP contribution is 2.16. The van der Waals surface area contributed by atoms with Crippen LogP contribution in [0.3, 0.4) is 0 Å². The lowest BCUT2D eigenvalue weighted by atomic mass is 10.3. The smallest absolute Gasteiger partial charge is 0.356 e. The maximum absolute atomic E-state index is 10.6. The molecule has 0 aliphatic rings. The van der Waals surface area contributed by atoms with Crippen molar-refractivity contribution in [3.05, 3.63) is 18.1 Å². The summed E-state index contributed by atoms with van der Waals surface area (Å²) in [5.74, 6) is -0.0653.